The average Bonchev–Trinajstić information content (AvgIpc) is 1.32. The lowest BCUT2D eigenvalue weighted by atomic mass is 9.83. The van der Waals surface area contributed by atoms with Crippen molar-refractivity contribution < 1.29 is 90.0 Å². The first-order valence-electron chi connectivity index (χ1n) is 37.5. The van der Waals surface area contributed by atoms with Gasteiger partial charge in [-0.3, -0.25) is 57.6 Å². The molecule has 1 saturated carbocycles. The fourth-order valence-electron chi connectivity index (χ4n) is 13.9. The Bertz CT molecular complexity index is 3340. The van der Waals surface area contributed by atoms with Gasteiger partial charge in [-0.15, -0.1) is 0 Å². The summed E-state index contributed by atoms with van der Waals surface area (Å²) < 4.78 is 51.8. The number of carbonyl (C=O) groups excluding carboxylic acids is 11. The summed E-state index contributed by atoms with van der Waals surface area (Å²) in [6.07, 6.45) is 2.06. The minimum absolute atomic E-state index is 0.00878. The van der Waals surface area contributed by atoms with Crippen LogP contribution in [-0.4, -0.2) is 202 Å². The molecule has 4 rings (SSSR count). The molecule has 28 nitrogen and oxygen atoms in total. The number of carbonyl (C=O) groups is 12. The van der Waals surface area contributed by atoms with E-state index >= 15 is 0 Å². The van der Waals surface area contributed by atoms with E-state index in [1.54, 1.807) is 74.0 Å². The highest BCUT2D eigenvalue weighted by Crippen LogP contribution is 2.34. The highest BCUT2D eigenvalue weighted by atomic mass is 32.2. The van der Waals surface area contributed by atoms with E-state index in [1.807, 2.05) is 60.5 Å². The van der Waals surface area contributed by atoms with Crippen molar-refractivity contribution in [2.45, 2.75) is 233 Å². The van der Waals surface area contributed by atoms with Crippen LogP contribution in [0.5, 0.6) is 5.75 Å². The second-order valence-electron chi connectivity index (χ2n) is 29.9. The van der Waals surface area contributed by atoms with Crippen LogP contribution in [-0.2, 0) is 85.2 Å². The van der Waals surface area contributed by atoms with Crippen LogP contribution in [0.1, 0.15) is 189 Å². The Morgan fingerprint density at radius 2 is 1.32 bits per heavy atom. The maximum absolute atomic E-state index is 14.6. The molecule has 0 bridgehead atoms. The van der Waals surface area contributed by atoms with E-state index < -0.39 is 105 Å². The van der Waals surface area contributed by atoms with Crippen LogP contribution in [0.25, 0.3) is 0 Å². The first kappa shape index (κ1) is 90.7. The fourth-order valence-corrected chi connectivity index (χ4v) is 15.3. The number of carboxylic acid groups (broad SMARTS) is 1. The van der Waals surface area contributed by atoms with Gasteiger partial charge < -0.3 is 60.9 Å². The number of ether oxygens (including phenoxy) is 4. The molecule has 0 unspecified atom stereocenters. The number of Topliss-reactive ketones (excluding diaryl/α,β-unsaturated/α-hetero) is 4. The molecule has 594 valence electrons. The number of sulfonamides is 1. The Hall–Kier alpha value is -7.73. The smallest absolute Gasteiger partial charge is 0.412 e. The predicted octanol–water partition coefficient (Wildman–Crippen LogP) is 7.94. The van der Waals surface area contributed by atoms with Crippen LogP contribution in [0.2, 0.25) is 0 Å². The number of urea groups is 1. The molecule has 0 aromatic heterocycles. The van der Waals surface area contributed by atoms with Crippen LogP contribution < -0.4 is 36.5 Å². The van der Waals surface area contributed by atoms with E-state index in [2.05, 4.69) is 26.0 Å². The number of rotatable bonds is 51. The largest absolute Gasteiger partial charge is 0.481 e. The van der Waals surface area contributed by atoms with Crippen molar-refractivity contribution in [3.63, 3.8) is 0 Å². The first-order valence-corrected chi connectivity index (χ1v) is 39.1. The molecule has 29 heteroatoms. The second-order valence-corrected chi connectivity index (χ2v) is 31.8. The third-order valence-corrected chi connectivity index (χ3v) is 22.0. The predicted molar refractivity (Wildman–Crippen MR) is 400 cm³/mol. The molecule has 106 heavy (non-hydrogen) atoms. The quantitative estimate of drug-likeness (QED) is 0.0309. The van der Waals surface area contributed by atoms with Crippen molar-refractivity contribution in [2.24, 2.45) is 53.1 Å². The van der Waals surface area contributed by atoms with Gasteiger partial charge in [0.05, 0.1) is 54.7 Å². The second kappa shape index (κ2) is 45.2. The number of likely N-dealkylation sites (tertiary alicyclic amines) is 1. The van der Waals surface area contributed by atoms with E-state index in [0.29, 0.717) is 75.6 Å². The molecule has 1 saturated heterocycles. The molecule has 8 N–H and O–H groups in total. The van der Waals surface area contributed by atoms with Crippen LogP contribution in [0.15, 0.2) is 48.5 Å². The number of likely N-dealkylation sites (N-methyl/N-ethyl adjacent to an activating group) is 2. The van der Waals surface area contributed by atoms with Gasteiger partial charge in [-0.2, -0.15) is 0 Å². The molecule has 2 fully saturated rings. The number of carboxylic acids is 1. The Morgan fingerprint density at radius 1 is 0.679 bits per heavy atom. The number of benzene rings is 2. The van der Waals surface area contributed by atoms with E-state index in [9.17, 15) is 66.0 Å². The standard InChI is InChI=1S/C77H121N9O19S/c1-15-50(8)71(85(12)75(97)60(47(2)3)43-64(90)70(49(6)7)84(10)11)65(102-13)44-67(92)86-39-21-24-61(86)72(103-14)51(9)62(88)42-55(74(96)83-106(100,101)59-35-36-59)40-52-29-33-58(34-30-52)105-77(99)80-37-18-16-17-23-57(87)46-104-45-53-27-31-56(32-28-53)81-73(95)54(22-20-38-79-76(78)98)41-63(89)69(48(4)5)82-66(91)25-19-26-68(93)94/h27-34,47-51,54-55,59-61,65,69-72H,15-26,35-46H2,1-14H3,(H,80,99)(H,81,95)(H,82,91)(H,83,96)(H,93,94)(H3,78,79,98)/t50-,51-,54+,55+,60-,61-,65+,69-,70-,71-,72+/m0/s1. The zero-order valence-electron chi connectivity index (χ0n) is 64.9. The molecule has 1 aliphatic heterocycles. The number of hydrogen-bond donors (Lipinski definition) is 7. The molecule has 2 aromatic carbocycles. The minimum atomic E-state index is -4.00. The number of methoxy groups -OCH3 is 2. The van der Waals surface area contributed by atoms with Crippen LogP contribution in [0.4, 0.5) is 15.3 Å². The molecule has 2 aliphatic rings. The maximum atomic E-state index is 14.6. The number of nitrogens with two attached hydrogens (primary N) is 1. The van der Waals surface area contributed by atoms with Gasteiger partial charge in [0.15, 0.2) is 17.3 Å². The number of aliphatic carboxylic acids is 1. The summed E-state index contributed by atoms with van der Waals surface area (Å²) in [5.74, 6) is -7.89. The lowest BCUT2D eigenvalue weighted by molar-refractivity contribution is -0.149. The van der Waals surface area contributed by atoms with Crippen molar-refractivity contribution in [3.05, 3.63) is 59.7 Å². The van der Waals surface area contributed by atoms with Gasteiger partial charge in [-0.05, 0) is 137 Å². The number of hydrogen-bond acceptors (Lipinski definition) is 19. The molecule has 1 aliphatic carbocycles. The third kappa shape index (κ3) is 30.1. The number of ketones is 4. The Morgan fingerprint density at radius 3 is 1.90 bits per heavy atom. The fraction of sp³-hybridized carbons (Fsp3) is 0.688. The highest BCUT2D eigenvalue weighted by molar-refractivity contribution is 7.90. The summed E-state index contributed by atoms with van der Waals surface area (Å²) in [6.45, 7) is 17.8. The number of nitrogens with zero attached hydrogens (tertiary/aromatic N) is 3. The van der Waals surface area contributed by atoms with Crippen molar-refractivity contribution in [2.75, 3.05) is 66.9 Å². The van der Waals surface area contributed by atoms with Crippen LogP contribution in [0, 0.1) is 47.3 Å². The lowest BCUT2D eigenvalue weighted by Gasteiger charge is -2.41. The number of unbranched alkanes of at least 4 members (excludes halogenated alkanes) is 2. The average molecular weight is 1510 g/mol. The van der Waals surface area contributed by atoms with E-state index in [1.165, 1.54) is 26.4 Å². The molecular formula is C77H121N9O19S. The van der Waals surface area contributed by atoms with E-state index in [0.717, 1.165) is 5.56 Å². The van der Waals surface area contributed by atoms with Gasteiger partial charge >= 0.3 is 18.1 Å². The molecule has 0 radical (unpaired) electrons. The zero-order chi connectivity index (χ0) is 79.1. The molecule has 0 spiro atoms. The first-order chi connectivity index (χ1) is 50.0. The molecule has 8 amide bonds. The van der Waals surface area contributed by atoms with Crippen LogP contribution in [0.3, 0.4) is 0 Å². The van der Waals surface area contributed by atoms with Gasteiger partial charge in [-0.25, -0.2) is 18.0 Å². The molecule has 1 heterocycles. The van der Waals surface area contributed by atoms with E-state index in [-0.39, 0.29) is 161 Å². The van der Waals surface area contributed by atoms with Gasteiger partial charge in [0, 0.05) is 109 Å². The molecular weight excluding hydrogens is 1390 g/mol. The van der Waals surface area contributed by atoms with Gasteiger partial charge in [0.2, 0.25) is 39.6 Å². The minimum Gasteiger partial charge on any atom is -0.481 e. The van der Waals surface area contributed by atoms with E-state index in [4.69, 9.17) is 29.8 Å². The van der Waals surface area contributed by atoms with Crippen molar-refractivity contribution in [1.29, 1.82) is 0 Å². The maximum Gasteiger partial charge on any atom is 0.412 e. The zero-order valence-corrected chi connectivity index (χ0v) is 65.7. The third-order valence-electron chi connectivity index (χ3n) is 20.2. The Labute approximate surface area is 627 Å². The van der Waals surface area contributed by atoms with Gasteiger partial charge in [0.1, 0.15) is 18.1 Å². The summed E-state index contributed by atoms with van der Waals surface area (Å²) in [6, 6.07) is 9.96. The normalized spacial score (nSPS) is 16.7. The monoisotopic (exact) mass is 1510 g/mol. The van der Waals surface area contributed by atoms with Gasteiger partial charge in [-0.1, -0.05) is 99.4 Å². The summed E-state index contributed by atoms with van der Waals surface area (Å²) in [5.41, 5.74) is 6.91. The summed E-state index contributed by atoms with van der Waals surface area (Å²) in [4.78, 5) is 164. The topological polar surface area (TPSA) is 392 Å². The Balaban J connectivity index is 1.28. The van der Waals surface area contributed by atoms with Crippen molar-refractivity contribution in [3.8, 4) is 5.75 Å². The van der Waals surface area contributed by atoms with Crippen molar-refractivity contribution >= 4 is 86.5 Å². The molecule has 2 aromatic rings. The Kier molecular flexibility index (Phi) is 38.6. The van der Waals surface area contributed by atoms with Gasteiger partial charge in [0.25, 0.3) is 0 Å². The number of primary amides is 1. The SMILES string of the molecule is CC[C@H](C)[C@@H]([C@@H](CC(=O)N1CCC[C@H]1[C@H](OC)[C@@H](C)C(=O)C[C@@H](Cc1ccc(OC(=O)NCCCCCC(=O)COCc2ccc(NC(=O)[C@H](CCCNC(N)=O)CC(=O)[C@@H](NC(=O)CCCC(=O)O)C(C)C)cc2)cc1)C(=O)NS(=O)(=O)C1CC1)OC)N(C)C(=O)[C@@H](CC(=O)[C@H](C(C)C)N(C)C)C(C)C. The summed E-state index contributed by atoms with van der Waals surface area (Å²) in [7, 11) is 4.43. The number of anilines is 1. The van der Waals surface area contributed by atoms with Crippen LogP contribution >= 0.6 is 0 Å². The highest BCUT2D eigenvalue weighted by Gasteiger charge is 2.45. The lowest BCUT2D eigenvalue weighted by Crippen LogP contribution is -2.54. The summed E-state index contributed by atoms with van der Waals surface area (Å²) in [5, 5.41) is 18.9. The number of nitrogens with one attached hydrogen (secondary N) is 5. The summed E-state index contributed by atoms with van der Waals surface area (Å²) >= 11 is 0. The molecule has 11 atom stereocenters. The number of amides is 8. The van der Waals surface area contributed by atoms with Crippen molar-refractivity contribution in [1.82, 2.24) is 35.4 Å².